The van der Waals surface area contributed by atoms with Crippen molar-refractivity contribution < 1.29 is 22.7 Å². The summed E-state index contributed by atoms with van der Waals surface area (Å²) in [4.78, 5) is 15.0. The number of nitrogens with zero attached hydrogens (tertiary/aromatic N) is 1. The van der Waals surface area contributed by atoms with Crippen LogP contribution in [0.25, 0.3) is 0 Å². The first-order chi connectivity index (χ1) is 15.4. The van der Waals surface area contributed by atoms with E-state index in [2.05, 4.69) is 17.7 Å². The Balaban J connectivity index is 1.41. The third-order valence-electron chi connectivity index (χ3n) is 7.60. The summed E-state index contributed by atoms with van der Waals surface area (Å²) < 4.78 is 40.7. The third-order valence-corrected chi connectivity index (χ3v) is 9.58. The summed E-state index contributed by atoms with van der Waals surface area (Å²) in [6.07, 6.45) is 7.09. The van der Waals surface area contributed by atoms with E-state index in [0.29, 0.717) is 19.1 Å². The summed E-state index contributed by atoms with van der Waals surface area (Å²) in [5.74, 6) is 1.12. The number of aryl methyl sites for hydroxylation is 1. The van der Waals surface area contributed by atoms with E-state index < -0.39 is 10.0 Å². The van der Waals surface area contributed by atoms with Crippen LogP contribution >= 0.6 is 0 Å². The number of carbonyl (C=O) groups excluding carboxylic acids is 1. The van der Waals surface area contributed by atoms with E-state index in [1.54, 1.807) is 4.90 Å². The highest BCUT2D eigenvalue weighted by molar-refractivity contribution is 7.90. The zero-order valence-electron chi connectivity index (χ0n) is 18.8. The summed E-state index contributed by atoms with van der Waals surface area (Å²) >= 11 is 0. The molecule has 2 bridgehead atoms. The molecule has 2 atom stereocenters. The van der Waals surface area contributed by atoms with E-state index in [0.717, 1.165) is 57.1 Å². The van der Waals surface area contributed by atoms with Crippen molar-refractivity contribution >= 4 is 15.9 Å². The fourth-order valence-corrected chi connectivity index (χ4v) is 7.32. The van der Waals surface area contributed by atoms with Gasteiger partial charge in [0, 0.05) is 18.2 Å². The lowest BCUT2D eigenvalue weighted by Gasteiger charge is -2.42. The quantitative estimate of drug-likeness (QED) is 0.747. The first kappa shape index (κ1) is 22.2. The van der Waals surface area contributed by atoms with E-state index in [4.69, 9.17) is 9.47 Å². The molecule has 0 spiro atoms. The Kier molecular flexibility index (Phi) is 6.20. The molecule has 1 saturated heterocycles. The van der Waals surface area contributed by atoms with Crippen molar-refractivity contribution in [1.82, 2.24) is 9.62 Å². The molecule has 32 heavy (non-hydrogen) atoms. The molecule has 1 N–H and O–H groups in total. The molecule has 0 radical (unpaired) electrons. The normalized spacial score (nSPS) is 31.5. The van der Waals surface area contributed by atoms with Crippen molar-refractivity contribution in [2.45, 2.75) is 87.6 Å². The predicted molar refractivity (Wildman–Crippen MR) is 121 cm³/mol. The van der Waals surface area contributed by atoms with Gasteiger partial charge in [-0.25, -0.2) is 13.1 Å². The first-order valence-electron chi connectivity index (χ1n) is 12.1. The number of carbonyl (C=O) groups is 1. The van der Waals surface area contributed by atoms with Crippen molar-refractivity contribution in [2.75, 3.05) is 19.8 Å². The molecule has 2 aliphatic carbocycles. The smallest absolute Gasteiger partial charge is 0.260 e. The van der Waals surface area contributed by atoms with Crippen molar-refractivity contribution in [1.29, 1.82) is 0 Å². The Morgan fingerprint density at radius 2 is 1.84 bits per heavy atom. The maximum absolute atomic E-state index is 13.2. The van der Waals surface area contributed by atoms with Crippen LogP contribution in [0.1, 0.15) is 68.4 Å². The van der Waals surface area contributed by atoms with Crippen LogP contribution in [0.2, 0.25) is 0 Å². The van der Waals surface area contributed by atoms with Gasteiger partial charge in [-0.2, -0.15) is 0 Å². The summed E-state index contributed by atoms with van der Waals surface area (Å²) in [5, 5.41) is -0.275. The van der Waals surface area contributed by atoms with Crippen LogP contribution in [0.3, 0.4) is 0 Å². The zero-order chi connectivity index (χ0) is 22.3. The lowest BCUT2D eigenvalue weighted by atomic mass is 9.80. The molecule has 6 rings (SSSR count). The molecule has 7 nitrogen and oxygen atoms in total. The zero-order valence-corrected chi connectivity index (χ0v) is 19.6. The molecule has 5 aliphatic rings. The molecular weight excluding hydrogens is 428 g/mol. The predicted octanol–water partition coefficient (Wildman–Crippen LogP) is 2.87. The number of fused-ring (bicyclic) bond motifs is 5. The SMILES string of the molecule is Cc1cccc2c1C1CCC(CC1)OC[C@H]1[C@@H](NS(=O)(=O)C3CC3)CCCN1C(=O)CO2. The van der Waals surface area contributed by atoms with Crippen LogP contribution in [-0.4, -0.2) is 62.4 Å². The van der Waals surface area contributed by atoms with Crippen LogP contribution in [0.15, 0.2) is 18.2 Å². The van der Waals surface area contributed by atoms with Gasteiger partial charge in [0.05, 0.1) is 24.0 Å². The van der Waals surface area contributed by atoms with Crippen LogP contribution < -0.4 is 9.46 Å². The largest absolute Gasteiger partial charge is 0.483 e. The molecule has 3 aliphatic heterocycles. The lowest BCUT2D eigenvalue weighted by Crippen LogP contribution is -2.60. The van der Waals surface area contributed by atoms with Gasteiger partial charge in [-0.3, -0.25) is 4.79 Å². The topological polar surface area (TPSA) is 84.9 Å². The van der Waals surface area contributed by atoms with Crippen molar-refractivity contribution in [2.24, 2.45) is 0 Å². The van der Waals surface area contributed by atoms with Crippen LogP contribution in [-0.2, 0) is 19.6 Å². The number of hydrogen-bond donors (Lipinski definition) is 1. The fourth-order valence-electron chi connectivity index (χ4n) is 5.67. The van der Waals surface area contributed by atoms with Gasteiger partial charge in [0.2, 0.25) is 10.0 Å². The molecule has 3 fully saturated rings. The maximum Gasteiger partial charge on any atom is 0.260 e. The Morgan fingerprint density at radius 3 is 2.59 bits per heavy atom. The molecule has 1 aromatic rings. The number of ether oxygens (including phenoxy) is 2. The molecule has 2 saturated carbocycles. The Morgan fingerprint density at radius 1 is 1.06 bits per heavy atom. The van der Waals surface area contributed by atoms with E-state index in [-0.39, 0.29) is 36.0 Å². The molecular formula is C24H34N2O5S. The molecule has 1 amide bonds. The highest BCUT2D eigenvalue weighted by Crippen LogP contribution is 2.40. The van der Waals surface area contributed by atoms with E-state index in [1.807, 2.05) is 12.1 Å². The summed E-state index contributed by atoms with van der Waals surface area (Å²) in [7, 11) is -3.34. The van der Waals surface area contributed by atoms with Crippen molar-refractivity contribution in [3.8, 4) is 5.75 Å². The average Bonchev–Trinajstić information content (AvgIpc) is 3.62. The molecule has 0 unspecified atom stereocenters. The van der Waals surface area contributed by atoms with Gasteiger partial charge >= 0.3 is 0 Å². The first-order valence-corrected chi connectivity index (χ1v) is 13.6. The number of sulfonamides is 1. The number of nitrogens with one attached hydrogen (secondary N) is 1. The maximum atomic E-state index is 13.2. The monoisotopic (exact) mass is 462 g/mol. The number of piperidine rings is 1. The van der Waals surface area contributed by atoms with E-state index in [1.165, 1.54) is 11.1 Å². The second kappa shape index (κ2) is 8.95. The van der Waals surface area contributed by atoms with Crippen molar-refractivity contribution in [3.63, 3.8) is 0 Å². The second-order valence-corrected chi connectivity index (χ2v) is 11.8. The lowest BCUT2D eigenvalue weighted by molar-refractivity contribution is -0.140. The summed E-state index contributed by atoms with van der Waals surface area (Å²) in [5.41, 5.74) is 2.43. The number of benzene rings is 1. The van der Waals surface area contributed by atoms with Gasteiger partial charge in [0.15, 0.2) is 6.61 Å². The van der Waals surface area contributed by atoms with Gasteiger partial charge in [0.25, 0.3) is 5.91 Å². The Hall–Kier alpha value is -1.64. The number of hydrogen-bond acceptors (Lipinski definition) is 5. The fraction of sp³-hybridized carbons (Fsp3) is 0.708. The summed E-state index contributed by atoms with van der Waals surface area (Å²) in [6.45, 7) is 3.05. The van der Waals surface area contributed by atoms with Gasteiger partial charge in [-0.05, 0) is 75.8 Å². The number of amides is 1. The second-order valence-electron chi connectivity index (χ2n) is 9.85. The highest BCUT2D eigenvalue weighted by Gasteiger charge is 2.42. The van der Waals surface area contributed by atoms with Gasteiger partial charge in [-0.1, -0.05) is 12.1 Å². The van der Waals surface area contributed by atoms with Crippen molar-refractivity contribution in [3.05, 3.63) is 29.3 Å². The molecule has 176 valence electrons. The van der Waals surface area contributed by atoms with Gasteiger partial charge < -0.3 is 14.4 Å². The molecule has 8 heteroatoms. The average molecular weight is 463 g/mol. The van der Waals surface area contributed by atoms with Gasteiger partial charge in [0.1, 0.15) is 5.75 Å². The Labute approximate surface area is 190 Å². The minimum atomic E-state index is -3.34. The molecule has 0 aromatic heterocycles. The standard InChI is InChI=1S/C24H34N2O5S/c1-16-4-2-6-22-24(16)17-7-9-18(10-8-17)30-14-21-20(25-32(28,29)19-11-12-19)5-3-13-26(21)23(27)15-31-22/h2,4,6,17-21,25H,3,5,7-15H2,1H3/t17?,18?,20-,21-/m0/s1. The third kappa shape index (κ3) is 4.54. The molecule has 3 heterocycles. The number of rotatable bonds is 3. The van der Waals surface area contributed by atoms with Crippen LogP contribution in [0, 0.1) is 6.92 Å². The van der Waals surface area contributed by atoms with E-state index in [9.17, 15) is 13.2 Å². The summed E-state index contributed by atoms with van der Waals surface area (Å²) in [6, 6.07) is 5.45. The minimum Gasteiger partial charge on any atom is -0.483 e. The van der Waals surface area contributed by atoms with Crippen LogP contribution in [0.5, 0.6) is 5.75 Å². The van der Waals surface area contributed by atoms with E-state index >= 15 is 0 Å². The van der Waals surface area contributed by atoms with Crippen LogP contribution in [0.4, 0.5) is 0 Å². The van der Waals surface area contributed by atoms with Gasteiger partial charge in [-0.15, -0.1) is 0 Å². The highest BCUT2D eigenvalue weighted by atomic mass is 32.2. The minimum absolute atomic E-state index is 0.0365. The Bertz CT molecular complexity index is 953. The molecule has 1 aromatic carbocycles.